The molecule has 31 heavy (non-hydrogen) atoms. The highest BCUT2D eigenvalue weighted by molar-refractivity contribution is 9.10. The third kappa shape index (κ3) is 4.08. The largest absolute Gasteiger partial charge is 0.329 e. The van der Waals surface area contributed by atoms with E-state index in [0.29, 0.717) is 5.70 Å². The van der Waals surface area contributed by atoms with E-state index in [1.165, 1.54) is 16.0 Å². The molecular weight excluding hydrogens is 454 g/mol. The summed E-state index contributed by atoms with van der Waals surface area (Å²) in [5.41, 5.74) is 7.73. The standard InChI is InChI=1S/C25H24BrN3O2/c1-15-5-10-22(11-16(15)2)29-17(3)12-20(18(29)4)13-23-24(30)28(25(31)27-23)14-19-6-8-21(26)9-7-19/h5-13H,14H2,1-4H3,(H,27,31)/b23-13+. The van der Waals surface area contributed by atoms with Crippen LogP contribution in [0.3, 0.4) is 0 Å². The van der Waals surface area contributed by atoms with E-state index in [1.807, 2.05) is 44.2 Å². The highest BCUT2D eigenvalue weighted by Crippen LogP contribution is 2.25. The van der Waals surface area contributed by atoms with Crippen molar-refractivity contribution < 1.29 is 9.59 Å². The third-order valence-corrected chi connectivity index (χ3v) is 6.26. The van der Waals surface area contributed by atoms with Crippen LogP contribution in [0.15, 0.2) is 58.7 Å². The molecule has 3 amide bonds. The van der Waals surface area contributed by atoms with Gasteiger partial charge in [0.05, 0.1) is 6.54 Å². The van der Waals surface area contributed by atoms with Crippen molar-refractivity contribution in [1.82, 2.24) is 14.8 Å². The molecule has 4 rings (SSSR count). The van der Waals surface area contributed by atoms with E-state index < -0.39 is 6.03 Å². The van der Waals surface area contributed by atoms with Crippen LogP contribution in [0.25, 0.3) is 11.8 Å². The minimum Gasteiger partial charge on any atom is -0.318 e. The lowest BCUT2D eigenvalue weighted by Crippen LogP contribution is -2.30. The summed E-state index contributed by atoms with van der Waals surface area (Å²) >= 11 is 3.40. The minimum atomic E-state index is -0.401. The molecule has 0 atom stereocenters. The Morgan fingerprint density at radius 2 is 1.65 bits per heavy atom. The number of amides is 3. The molecule has 6 heteroatoms. The van der Waals surface area contributed by atoms with Crippen LogP contribution in [0.1, 0.15) is 33.6 Å². The molecule has 2 aromatic carbocycles. The van der Waals surface area contributed by atoms with Crippen LogP contribution in [0.5, 0.6) is 0 Å². The van der Waals surface area contributed by atoms with E-state index in [-0.39, 0.29) is 12.5 Å². The number of nitrogens with one attached hydrogen (secondary N) is 1. The Labute approximate surface area is 190 Å². The molecule has 1 N–H and O–H groups in total. The number of rotatable bonds is 4. The maximum atomic E-state index is 12.9. The van der Waals surface area contributed by atoms with Gasteiger partial charge in [-0.2, -0.15) is 0 Å². The molecule has 2 heterocycles. The van der Waals surface area contributed by atoms with E-state index in [0.717, 1.165) is 32.7 Å². The van der Waals surface area contributed by atoms with E-state index in [4.69, 9.17) is 0 Å². The van der Waals surface area contributed by atoms with Crippen molar-refractivity contribution in [2.45, 2.75) is 34.2 Å². The van der Waals surface area contributed by atoms with Crippen LogP contribution in [0.2, 0.25) is 0 Å². The molecule has 0 unspecified atom stereocenters. The van der Waals surface area contributed by atoms with Crippen molar-refractivity contribution in [3.05, 3.63) is 92.3 Å². The number of nitrogens with zero attached hydrogens (tertiary/aromatic N) is 2. The van der Waals surface area contributed by atoms with Gasteiger partial charge in [0.25, 0.3) is 5.91 Å². The number of hydrogen-bond acceptors (Lipinski definition) is 2. The van der Waals surface area contributed by atoms with Crippen molar-refractivity contribution in [2.75, 3.05) is 0 Å². The Kier molecular flexibility index (Phi) is 5.58. The Bertz CT molecular complexity index is 1220. The molecule has 1 aliphatic rings. The van der Waals surface area contributed by atoms with Crippen LogP contribution < -0.4 is 5.32 Å². The summed E-state index contributed by atoms with van der Waals surface area (Å²) < 4.78 is 3.12. The lowest BCUT2D eigenvalue weighted by atomic mass is 10.1. The summed E-state index contributed by atoms with van der Waals surface area (Å²) in [7, 11) is 0. The Balaban J connectivity index is 1.63. The first kappa shape index (κ1) is 21.1. The van der Waals surface area contributed by atoms with Crippen molar-refractivity contribution in [1.29, 1.82) is 0 Å². The van der Waals surface area contributed by atoms with Crippen LogP contribution >= 0.6 is 15.9 Å². The Morgan fingerprint density at radius 3 is 2.32 bits per heavy atom. The number of aromatic nitrogens is 1. The van der Waals surface area contributed by atoms with Gasteiger partial charge >= 0.3 is 6.03 Å². The molecule has 0 spiro atoms. The number of hydrogen-bond donors (Lipinski definition) is 1. The molecule has 1 saturated heterocycles. The Hall–Kier alpha value is -3.12. The summed E-state index contributed by atoms with van der Waals surface area (Å²) in [5, 5.41) is 2.73. The molecular formula is C25H24BrN3O2. The zero-order valence-corrected chi connectivity index (χ0v) is 19.6. The van der Waals surface area contributed by atoms with E-state index in [1.54, 1.807) is 6.08 Å². The molecule has 0 saturated carbocycles. The fourth-order valence-corrected chi connectivity index (χ4v) is 4.10. The van der Waals surface area contributed by atoms with Gasteiger partial charge in [-0.3, -0.25) is 9.69 Å². The highest BCUT2D eigenvalue weighted by atomic mass is 79.9. The zero-order chi connectivity index (χ0) is 22.3. The lowest BCUT2D eigenvalue weighted by molar-refractivity contribution is -0.123. The maximum absolute atomic E-state index is 12.9. The lowest BCUT2D eigenvalue weighted by Gasteiger charge is -2.12. The summed E-state index contributed by atoms with van der Waals surface area (Å²) in [6, 6.07) is 15.6. The van der Waals surface area contributed by atoms with Gasteiger partial charge in [-0.25, -0.2) is 4.79 Å². The maximum Gasteiger partial charge on any atom is 0.329 e. The van der Waals surface area contributed by atoms with Gasteiger partial charge in [0.15, 0.2) is 0 Å². The quantitative estimate of drug-likeness (QED) is 0.394. The molecule has 158 valence electrons. The summed E-state index contributed by atoms with van der Waals surface area (Å²) in [4.78, 5) is 26.6. The smallest absolute Gasteiger partial charge is 0.318 e. The van der Waals surface area contributed by atoms with Crippen molar-refractivity contribution in [2.24, 2.45) is 0 Å². The van der Waals surface area contributed by atoms with Crippen molar-refractivity contribution in [3.63, 3.8) is 0 Å². The predicted octanol–water partition coefficient (Wildman–Crippen LogP) is 5.57. The highest BCUT2D eigenvalue weighted by Gasteiger charge is 2.33. The topological polar surface area (TPSA) is 54.3 Å². The van der Waals surface area contributed by atoms with Gasteiger partial charge in [0.1, 0.15) is 5.70 Å². The van der Waals surface area contributed by atoms with Gasteiger partial charge in [0, 0.05) is 21.5 Å². The van der Waals surface area contributed by atoms with Crippen LogP contribution in [0, 0.1) is 27.7 Å². The zero-order valence-electron chi connectivity index (χ0n) is 18.0. The van der Waals surface area contributed by atoms with Gasteiger partial charge in [-0.15, -0.1) is 0 Å². The number of imide groups is 1. The third-order valence-electron chi connectivity index (χ3n) is 5.74. The molecule has 5 nitrogen and oxygen atoms in total. The first-order chi connectivity index (χ1) is 14.7. The average Bonchev–Trinajstić information content (AvgIpc) is 3.15. The SMILES string of the molecule is Cc1ccc(-n2c(C)cc(/C=C3/NC(=O)N(Cc4ccc(Br)cc4)C3=O)c2C)cc1C. The van der Waals surface area contributed by atoms with Gasteiger partial charge < -0.3 is 9.88 Å². The Morgan fingerprint density at radius 1 is 0.935 bits per heavy atom. The second-order valence-corrected chi connectivity index (χ2v) is 8.85. The van der Waals surface area contributed by atoms with Crippen molar-refractivity contribution in [3.8, 4) is 5.69 Å². The minimum absolute atomic E-state index is 0.233. The molecule has 0 aliphatic carbocycles. The first-order valence-electron chi connectivity index (χ1n) is 10.1. The van der Waals surface area contributed by atoms with Gasteiger partial charge in [-0.1, -0.05) is 34.1 Å². The fourth-order valence-electron chi connectivity index (χ4n) is 3.84. The number of benzene rings is 2. The predicted molar refractivity (Wildman–Crippen MR) is 126 cm³/mol. The van der Waals surface area contributed by atoms with E-state index in [2.05, 4.69) is 57.9 Å². The summed E-state index contributed by atoms with van der Waals surface area (Å²) in [5.74, 6) is -0.316. The van der Waals surface area contributed by atoms with Gasteiger partial charge in [0.2, 0.25) is 0 Å². The summed E-state index contributed by atoms with van der Waals surface area (Å²) in [6.07, 6.45) is 1.77. The monoisotopic (exact) mass is 477 g/mol. The number of urea groups is 1. The number of carbonyl (C=O) groups excluding carboxylic acids is 2. The van der Waals surface area contributed by atoms with Crippen LogP contribution in [-0.2, 0) is 11.3 Å². The molecule has 1 aliphatic heterocycles. The molecule has 1 fully saturated rings. The van der Waals surface area contributed by atoms with Crippen molar-refractivity contribution >= 4 is 33.9 Å². The normalized spacial score (nSPS) is 15.1. The molecule has 0 radical (unpaired) electrons. The van der Waals surface area contributed by atoms with Crippen LogP contribution in [0.4, 0.5) is 4.79 Å². The summed E-state index contributed by atoms with van der Waals surface area (Å²) in [6.45, 7) is 8.49. The molecule has 0 bridgehead atoms. The molecule has 1 aromatic heterocycles. The number of aryl methyl sites for hydroxylation is 3. The number of halogens is 1. The van der Waals surface area contributed by atoms with E-state index in [9.17, 15) is 9.59 Å². The van der Waals surface area contributed by atoms with E-state index >= 15 is 0 Å². The van der Waals surface area contributed by atoms with Gasteiger partial charge in [-0.05, 0) is 86.4 Å². The second kappa shape index (κ2) is 8.19. The average molecular weight is 478 g/mol. The second-order valence-electron chi connectivity index (χ2n) is 7.94. The fraction of sp³-hybridized carbons (Fsp3) is 0.200. The first-order valence-corrected chi connectivity index (χ1v) is 10.9. The number of carbonyl (C=O) groups is 2. The van der Waals surface area contributed by atoms with Crippen LogP contribution in [-0.4, -0.2) is 21.4 Å². The molecule has 3 aromatic rings.